The highest BCUT2D eigenvalue weighted by Crippen LogP contribution is 2.36. The molecular formula is C20H20F2N2O2S. The second kappa shape index (κ2) is 7.75. The van der Waals surface area contributed by atoms with Crippen molar-refractivity contribution >= 4 is 9.84 Å². The number of nitrogens with zero attached hydrogens (tertiary/aromatic N) is 2. The van der Waals surface area contributed by atoms with Crippen molar-refractivity contribution in [3.8, 4) is 6.07 Å². The van der Waals surface area contributed by atoms with Crippen molar-refractivity contribution in [2.24, 2.45) is 0 Å². The summed E-state index contributed by atoms with van der Waals surface area (Å²) in [4.78, 5) is 1.93. The van der Waals surface area contributed by atoms with Crippen LogP contribution in [0.5, 0.6) is 0 Å². The molecule has 4 nitrogen and oxygen atoms in total. The second-order valence-electron chi connectivity index (χ2n) is 6.74. The lowest BCUT2D eigenvalue weighted by Crippen LogP contribution is -2.46. The average molecular weight is 390 g/mol. The number of benzene rings is 2. The van der Waals surface area contributed by atoms with Crippen LogP contribution in [0.3, 0.4) is 0 Å². The van der Waals surface area contributed by atoms with Crippen LogP contribution in [-0.4, -0.2) is 38.0 Å². The van der Waals surface area contributed by atoms with Crippen molar-refractivity contribution in [1.82, 2.24) is 4.90 Å². The molecule has 142 valence electrons. The van der Waals surface area contributed by atoms with Crippen LogP contribution < -0.4 is 0 Å². The van der Waals surface area contributed by atoms with E-state index in [9.17, 15) is 12.8 Å². The van der Waals surface area contributed by atoms with Gasteiger partial charge in [0.2, 0.25) is 14.8 Å². The maximum atomic E-state index is 15.3. The molecule has 1 aliphatic rings. The molecule has 2 aromatic carbocycles. The lowest BCUT2D eigenvalue weighted by Gasteiger charge is -2.35. The van der Waals surface area contributed by atoms with Crippen LogP contribution in [0, 0.1) is 17.1 Å². The molecule has 3 rings (SSSR count). The summed E-state index contributed by atoms with van der Waals surface area (Å²) in [5.41, 5.74) is 1.32. The number of hydrogen-bond acceptors (Lipinski definition) is 4. The number of likely N-dealkylation sites (tertiary alicyclic amines) is 1. The standard InChI is InChI=1S/C20H20F2N2O2S/c21-18-5-1-16(2-6-18)9-12-24-13-10-20(22,11-14-24)27(25,26)19-7-3-17(15-23)4-8-19/h1-8H,9-14H2. The number of rotatable bonds is 5. The molecule has 2 aromatic rings. The SMILES string of the molecule is N#Cc1ccc(S(=O)(=O)C2(F)CCN(CCc3ccc(F)cc3)CC2)cc1. The zero-order chi connectivity index (χ0) is 19.5. The Balaban J connectivity index is 1.62. The smallest absolute Gasteiger partial charge is 0.217 e. The fourth-order valence-electron chi connectivity index (χ4n) is 3.24. The zero-order valence-corrected chi connectivity index (χ0v) is 15.6. The monoisotopic (exact) mass is 390 g/mol. The van der Waals surface area contributed by atoms with Crippen molar-refractivity contribution in [2.45, 2.75) is 29.2 Å². The molecule has 0 bridgehead atoms. The summed E-state index contributed by atoms with van der Waals surface area (Å²) in [5, 5.41) is 6.51. The number of piperidine rings is 1. The van der Waals surface area contributed by atoms with Gasteiger partial charge in [0.15, 0.2) is 0 Å². The van der Waals surface area contributed by atoms with E-state index in [2.05, 4.69) is 0 Å². The van der Waals surface area contributed by atoms with E-state index in [0.717, 1.165) is 5.56 Å². The molecule has 0 aromatic heterocycles. The first-order valence-electron chi connectivity index (χ1n) is 8.75. The summed E-state index contributed by atoms with van der Waals surface area (Å²) in [6.07, 6.45) is 0.499. The van der Waals surface area contributed by atoms with Gasteiger partial charge >= 0.3 is 0 Å². The lowest BCUT2D eigenvalue weighted by atomic mass is 10.1. The summed E-state index contributed by atoms with van der Waals surface area (Å²) < 4.78 is 53.6. The highest BCUT2D eigenvalue weighted by Gasteiger charge is 2.47. The number of sulfone groups is 1. The van der Waals surface area contributed by atoms with Crippen LogP contribution in [0.25, 0.3) is 0 Å². The zero-order valence-electron chi connectivity index (χ0n) is 14.7. The Hall–Kier alpha value is -2.30. The lowest BCUT2D eigenvalue weighted by molar-refractivity contribution is 0.121. The van der Waals surface area contributed by atoms with Crippen molar-refractivity contribution in [2.75, 3.05) is 19.6 Å². The fraction of sp³-hybridized carbons (Fsp3) is 0.350. The van der Waals surface area contributed by atoms with Gasteiger partial charge in [0.25, 0.3) is 0 Å². The van der Waals surface area contributed by atoms with E-state index in [-0.39, 0.29) is 23.6 Å². The van der Waals surface area contributed by atoms with Gasteiger partial charge in [-0.25, -0.2) is 17.2 Å². The largest absolute Gasteiger partial charge is 0.303 e. The third-order valence-electron chi connectivity index (χ3n) is 5.01. The van der Waals surface area contributed by atoms with E-state index >= 15 is 4.39 Å². The Morgan fingerprint density at radius 3 is 2.19 bits per heavy atom. The minimum atomic E-state index is -4.13. The van der Waals surface area contributed by atoms with Gasteiger partial charge in [-0.05, 0) is 48.4 Å². The summed E-state index contributed by atoms with van der Waals surface area (Å²) in [5.74, 6) is -0.285. The Kier molecular flexibility index (Phi) is 5.59. The number of nitriles is 1. The molecule has 27 heavy (non-hydrogen) atoms. The fourth-order valence-corrected chi connectivity index (χ4v) is 4.87. The van der Waals surface area contributed by atoms with E-state index in [1.54, 1.807) is 12.1 Å². The molecule has 1 saturated heterocycles. The van der Waals surface area contributed by atoms with Crippen molar-refractivity contribution < 1.29 is 17.2 Å². The van der Waals surface area contributed by atoms with Crippen LogP contribution in [0.1, 0.15) is 24.0 Å². The molecule has 0 aliphatic carbocycles. The normalized spacial score (nSPS) is 17.4. The molecule has 7 heteroatoms. The molecule has 1 heterocycles. The molecule has 0 spiro atoms. The van der Waals surface area contributed by atoms with Gasteiger partial charge in [-0.2, -0.15) is 5.26 Å². The third kappa shape index (κ3) is 4.18. The Morgan fingerprint density at radius 2 is 1.63 bits per heavy atom. The van der Waals surface area contributed by atoms with Crippen LogP contribution >= 0.6 is 0 Å². The summed E-state index contributed by atoms with van der Waals surface area (Å²) in [6.45, 7) is 1.35. The molecule has 0 radical (unpaired) electrons. The van der Waals surface area contributed by atoms with Crippen molar-refractivity contribution in [1.29, 1.82) is 5.26 Å². The number of halogens is 2. The first kappa shape index (κ1) is 19.5. The summed E-state index contributed by atoms with van der Waals surface area (Å²) in [7, 11) is -4.13. The predicted molar refractivity (Wildman–Crippen MR) is 98.0 cm³/mol. The molecule has 0 N–H and O–H groups in total. The van der Waals surface area contributed by atoms with Gasteiger partial charge in [0.05, 0.1) is 16.5 Å². The van der Waals surface area contributed by atoms with E-state index in [1.807, 2.05) is 11.0 Å². The molecule has 0 saturated carbocycles. The van der Waals surface area contributed by atoms with E-state index in [0.29, 0.717) is 31.6 Å². The van der Waals surface area contributed by atoms with Crippen molar-refractivity contribution in [3.63, 3.8) is 0 Å². The Bertz CT molecular complexity index is 927. The topological polar surface area (TPSA) is 61.2 Å². The molecule has 1 aliphatic heterocycles. The number of hydrogen-bond donors (Lipinski definition) is 0. The molecular weight excluding hydrogens is 370 g/mol. The summed E-state index contributed by atoms with van der Waals surface area (Å²) in [6, 6.07) is 13.5. The molecule has 0 amide bonds. The first-order chi connectivity index (χ1) is 12.8. The van der Waals surface area contributed by atoms with Gasteiger partial charge in [-0.15, -0.1) is 0 Å². The second-order valence-corrected chi connectivity index (χ2v) is 8.95. The first-order valence-corrected chi connectivity index (χ1v) is 10.2. The van der Waals surface area contributed by atoms with E-state index in [4.69, 9.17) is 5.26 Å². The van der Waals surface area contributed by atoms with E-state index < -0.39 is 14.8 Å². The van der Waals surface area contributed by atoms with Crippen LogP contribution in [0.2, 0.25) is 0 Å². The van der Waals surface area contributed by atoms with E-state index in [1.165, 1.54) is 36.4 Å². The van der Waals surface area contributed by atoms with Gasteiger partial charge in [-0.1, -0.05) is 12.1 Å². The predicted octanol–water partition coefficient (Wildman–Crippen LogP) is 3.48. The minimum Gasteiger partial charge on any atom is -0.303 e. The van der Waals surface area contributed by atoms with Gasteiger partial charge in [0.1, 0.15) is 5.82 Å². The molecule has 1 fully saturated rings. The minimum absolute atomic E-state index is 0.0937. The quantitative estimate of drug-likeness (QED) is 0.784. The molecule has 0 atom stereocenters. The van der Waals surface area contributed by atoms with Gasteiger partial charge in [-0.3, -0.25) is 0 Å². The van der Waals surface area contributed by atoms with Gasteiger partial charge < -0.3 is 4.90 Å². The van der Waals surface area contributed by atoms with Crippen LogP contribution in [-0.2, 0) is 16.3 Å². The maximum Gasteiger partial charge on any atom is 0.217 e. The average Bonchev–Trinajstić information content (AvgIpc) is 2.69. The number of alkyl halides is 1. The Labute approximate surface area is 158 Å². The third-order valence-corrected chi connectivity index (χ3v) is 7.27. The van der Waals surface area contributed by atoms with Gasteiger partial charge in [0, 0.05) is 32.5 Å². The Morgan fingerprint density at radius 1 is 1.04 bits per heavy atom. The highest BCUT2D eigenvalue weighted by atomic mass is 32.2. The highest BCUT2D eigenvalue weighted by molar-refractivity contribution is 7.92. The molecule has 0 unspecified atom stereocenters. The van der Waals surface area contributed by atoms with Crippen LogP contribution in [0.4, 0.5) is 8.78 Å². The summed E-state index contributed by atoms with van der Waals surface area (Å²) >= 11 is 0. The maximum absolute atomic E-state index is 15.3. The van der Waals surface area contributed by atoms with Crippen molar-refractivity contribution in [3.05, 3.63) is 65.5 Å². The van der Waals surface area contributed by atoms with Crippen LogP contribution in [0.15, 0.2) is 53.4 Å².